The molecule has 0 aromatic carbocycles. The lowest BCUT2D eigenvalue weighted by molar-refractivity contribution is -0.151. The van der Waals surface area contributed by atoms with E-state index in [0.29, 0.717) is 25.6 Å². The first-order chi connectivity index (χ1) is 16.0. The largest absolute Gasteiger partial charge is 0.465 e. The van der Waals surface area contributed by atoms with Gasteiger partial charge in [-0.25, -0.2) is 0 Å². The third-order valence-electron chi connectivity index (χ3n) is 6.10. The maximum atomic E-state index is 12.1. The van der Waals surface area contributed by atoms with Gasteiger partial charge < -0.3 is 19.9 Å². The van der Waals surface area contributed by atoms with Crippen molar-refractivity contribution in [2.24, 2.45) is 11.7 Å². The number of primary amides is 1. The number of esters is 2. The first kappa shape index (κ1) is 29.4. The Labute approximate surface area is 200 Å². The van der Waals surface area contributed by atoms with Gasteiger partial charge in [0, 0.05) is 6.42 Å². The van der Waals surface area contributed by atoms with Gasteiger partial charge in [0.1, 0.15) is 12.7 Å². The smallest absolute Gasteiger partial charge is 0.306 e. The van der Waals surface area contributed by atoms with Crippen LogP contribution < -0.4 is 5.73 Å². The molecule has 0 aromatic heterocycles. The lowest BCUT2D eigenvalue weighted by atomic mass is 9.94. The molecule has 0 radical (unpaired) electrons. The van der Waals surface area contributed by atoms with Crippen molar-refractivity contribution in [1.29, 1.82) is 0 Å². The van der Waals surface area contributed by atoms with E-state index < -0.39 is 0 Å². The predicted molar refractivity (Wildman–Crippen MR) is 129 cm³/mol. The van der Waals surface area contributed by atoms with Crippen LogP contribution in [-0.4, -0.2) is 43.8 Å². The summed E-state index contributed by atoms with van der Waals surface area (Å²) in [5.41, 5.74) is 5.17. The van der Waals surface area contributed by atoms with E-state index in [2.05, 4.69) is 6.92 Å². The van der Waals surface area contributed by atoms with E-state index >= 15 is 0 Å². The highest BCUT2D eigenvalue weighted by atomic mass is 16.6. The molecule has 0 aromatic rings. The Bertz CT molecular complexity index is 535. The minimum absolute atomic E-state index is 0.0405. The van der Waals surface area contributed by atoms with E-state index in [4.69, 9.17) is 19.9 Å². The molecular formula is C26H47NO6. The Kier molecular flexibility index (Phi) is 17.6. The molecule has 1 rings (SSSR count). The summed E-state index contributed by atoms with van der Waals surface area (Å²) in [7, 11) is 0. The summed E-state index contributed by atoms with van der Waals surface area (Å²) in [6, 6.07) is 0. The first-order valence-corrected chi connectivity index (χ1v) is 13.2. The average Bonchev–Trinajstić information content (AvgIpc) is 3.62. The number of unbranched alkanes of at least 4 members (excludes halogenated alkanes) is 10. The average molecular weight is 470 g/mol. The molecule has 33 heavy (non-hydrogen) atoms. The second-order valence-electron chi connectivity index (χ2n) is 9.37. The molecule has 7 nitrogen and oxygen atoms in total. The maximum absolute atomic E-state index is 12.1. The molecule has 1 heterocycles. The Balaban J connectivity index is 2.19. The van der Waals surface area contributed by atoms with Gasteiger partial charge in [0.2, 0.25) is 5.91 Å². The number of carbonyl (C=O) groups is 3. The van der Waals surface area contributed by atoms with Crippen molar-refractivity contribution in [2.45, 2.75) is 122 Å². The third-order valence-corrected chi connectivity index (χ3v) is 6.10. The SMILES string of the molecule is CCCCCCCCC(CCCCCCCCC(N)=O)COC(=O)CCC(=O)OCC1CO1. The van der Waals surface area contributed by atoms with Crippen LogP contribution in [0.5, 0.6) is 0 Å². The highest BCUT2D eigenvalue weighted by Gasteiger charge is 2.24. The van der Waals surface area contributed by atoms with E-state index in [1.54, 1.807) is 0 Å². The van der Waals surface area contributed by atoms with Crippen molar-refractivity contribution in [2.75, 3.05) is 19.8 Å². The van der Waals surface area contributed by atoms with Gasteiger partial charge in [-0.15, -0.1) is 0 Å². The summed E-state index contributed by atoms with van der Waals surface area (Å²) in [5, 5.41) is 0. The maximum Gasteiger partial charge on any atom is 0.306 e. The number of carbonyl (C=O) groups excluding carboxylic acids is 3. The van der Waals surface area contributed by atoms with E-state index in [0.717, 1.165) is 51.4 Å². The van der Waals surface area contributed by atoms with Crippen molar-refractivity contribution in [3.05, 3.63) is 0 Å². The van der Waals surface area contributed by atoms with E-state index in [1.165, 1.54) is 38.5 Å². The summed E-state index contributed by atoms with van der Waals surface area (Å²) in [5.74, 6) is -0.528. The van der Waals surface area contributed by atoms with Crippen LogP contribution in [0.25, 0.3) is 0 Å². The van der Waals surface area contributed by atoms with Crippen LogP contribution in [0.4, 0.5) is 0 Å². The van der Waals surface area contributed by atoms with Crippen molar-refractivity contribution < 1.29 is 28.6 Å². The fourth-order valence-electron chi connectivity index (χ4n) is 3.87. The Hall–Kier alpha value is -1.63. The zero-order valence-corrected chi connectivity index (χ0v) is 20.8. The fraction of sp³-hybridized carbons (Fsp3) is 0.885. The van der Waals surface area contributed by atoms with Crippen molar-refractivity contribution in [1.82, 2.24) is 0 Å². The fourth-order valence-corrected chi connectivity index (χ4v) is 3.87. The van der Waals surface area contributed by atoms with Crippen LogP contribution in [0, 0.1) is 5.92 Å². The van der Waals surface area contributed by atoms with Crippen LogP contribution in [0.1, 0.15) is 116 Å². The Morgan fingerprint density at radius 3 is 1.85 bits per heavy atom. The monoisotopic (exact) mass is 469 g/mol. The van der Waals surface area contributed by atoms with Crippen molar-refractivity contribution >= 4 is 17.8 Å². The van der Waals surface area contributed by atoms with Crippen molar-refractivity contribution in [3.8, 4) is 0 Å². The number of rotatable bonds is 23. The lowest BCUT2D eigenvalue weighted by Gasteiger charge is -2.17. The zero-order valence-electron chi connectivity index (χ0n) is 20.8. The normalized spacial score (nSPS) is 15.7. The molecule has 1 amide bonds. The number of hydrogen-bond acceptors (Lipinski definition) is 6. The summed E-state index contributed by atoms with van der Waals surface area (Å²) in [4.78, 5) is 34.5. The molecule has 2 N–H and O–H groups in total. The third kappa shape index (κ3) is 19.5. The second-order valence-corrected chi connectivity index (χ2v) is 9.37. The van der Waals surface area contributed by atoms with Crippen LogP contribution >= 0.6 is 0 Å². The summed E-state index contributed by atoms with van der Waals surface area (Å²) in [6.07, 6.45) is 16.9. The van der Waals surface area contributed by atoms with E-state index in [-0.39, 0.29) is 43.4 Å². The number of amides is 1. The number of hydrogen-bond donors (Lipinski definition) is 1. The minimum atomic E-state index is -0.373. The lowest BCUT2D eigenvalue weighted by Crippen LogP contribution is -2.16. The van der Waals surface area contributed by atoms with Crippen LogP contribution in [-0.2, 0) is 28.6 Å². The van der Waals surface area contributed by atoms with Crippen LogP contribution in [0.3, 0.4) is 0 Å². The van der Waals surface area contributed by atoms with E-state index in [9.17, 15) is 14.4 Å². The first-order valence-electron chi connectivity index (χ1n) is 13.2. The topological polar surface area (TPSA) is 108 Å². The highest BCUT2D eigenvalue weighted by Crippen LogP contribution is 2.20. The van der Waals surface area contributed by atoms with E-state index in [1.807, 2.05) is 0 Å². The molecule has 1 saturated heterocycles. The molecule has 1 aliphatic heterocycles. The molecule has 0 aliphatic carbocycles. The van der Waals surface area contributed by atoms with Gasteiger partial charge in [-0.2, -0.15) is 0 Å². The molecule has 7 heteroatoms. The summed E-state index contributed by atoms with van der Waals surface area (Å²) in [6.45, 7) is 3.59. The van der Waals surface area contributed by atoms with Crippen LogP contribution in [0.2, 0.25) is 0 Å². The molecule has 1 fully saturated rings. The van der Waals surface area contributed by atoms with Crippen LogP contribution in [0.15, 0.2) is 0 Å². The van der Waals surface area contributed by atoms with Crippen molar-refractivity contribution in [3.63, 3.8) is 0 Å². The number of ether oxygens (including phenoxy) is 3. The minimum Gasteiger partial charge on any atom is -0.465 e. The quantitative estimate of drug-likeness (QED) is 0.125. The van der Waals surface area contributed by atoms with Gasteiger partial charge in [0.25, 0.3) is 0 Å². The molecule has 1 aliphatic rings. The van der Waals surface area contributed by atoms with Gasteiger partial charge in [-0.1, -0.05) is 77.6 Å². The molecule has 0 saturated carbocycles. The van der Waals surface area contributed by atoms with Gasteiger partial charge in [0.05, 0.1) is 26.1 Å². The molecule has 192 valence electrons. The molecular weight excluding hydrogens is 422 g/mol. The Morgan fingerprint density at radius 1 is 0.788 bits per heavy atom. The van der Waals surface area contributed by atoms with Gasteiger partial charge in [0.15, 0.2) is 0 Å². The van der Waals surface area contributed by atoms with Gasteiger partial charge >= 0.3 is 11.9 Å². The zero-order chi connectivity index (χ0) is 24.2. The highest BCUT2D eigenvalue weighted by molar-refractivity contribution is 5.77. The van der Waals surface area contributed by atoms with Gasteiger partial charge in [-0.3, -0.25) is 14.4 Å². The molecule has 2 atom stereocenters. The molecule has 2 unspecified atom stereocenters. The van der Waals surface area contributed by atoms with Gasteiger partial charge in [-0.05, 0) is 25.2 Å². The molecule has 0 bridgehead atoms. The standard InChI is InChI=1S/C26H47NO6/c1-2-3-4-5-8-11-14-22(15-12-9-6-7-10-13-16-24(27)28)19-32-25(29)17-18-26(30)33-21-23-20-31-23/h22-23H,2-21H2,1H3,(H2,27,28). The molecule has 0 spiro atoms. The predicted octanol–water partition coefficient (Wildman–Crippen LogP) is 5.22. The summed E-state index contributed by atoms with van der Waals surface area (Å²) < 4.78 is 15.6. The summed E-state index contributed by atoms with van der Waals surface area (Å²) >= 11 is 0. The number of epoxide rings is 1. The second kappa shape index (κ2) is 19.8. The number of nitrogens with two attached hydrogens (primary N) is 1. The Morgan fingerprint density at radius 2 is 1.30 bits per heavy atom.